The van der Waals surface area contributed by atoms with Crippen molar-refractivity contribution in [3.8, 4) is 5.75 Å². The average Bonchev–Trinajstić information content (AvgIpc) is 2.35. The highest BCUT2D eigenvalue weighted by atomic mass is 16.5. The molecule has 0 heterocycles. The molecule has 0 bridgehead atoms. The van der Waals surface area contributed by atoms with Crippen molar-refractivity contribution in [2.75, 3.05) is 6.61 Å². The number of hydrogen-bond acceptors (Lipinski definition) is 2. The number of carbonyl (C=O) groups is 1. The number of carboxylic acid groups (broad SMARTS) is 1. The van der Waals surface area contributed by atoms with E-state index >= 15 is 0 Å². The molecule has 2 aromatic carbocycles. The third-order valence-electron chi connectivity index (χ3n) is 2.58. The SMILES string of the molecule is CCCOc1ccc(C(=O)O)c2ccccc12. The number of hydrogen-bond donors (Lipinski definition) is 1. The highest BCUT2D eigenvalue weighted by Gasteiger charge is 2.11. The fraction of sp³-hybridized carbons (Fsp3) is 0.214. The van der Waals surface area contributed by atoms with Gasteiger partial charge in [-0.1, -0.05) is 31.2 Å². The van der Waals surface area contributed by atoms with Gasteiger partial charge in [0.1, 0.15) is 5.75 Å². The molecule has 0 fully saturated rings. The van der Waals surface area contributed by atoms with Crippen molar-refractivity contribution in [1.29, 1.82) is 0 Å². The van der Waals surface area contributed by atoms with Gasteiger partial charge >= 0.3 is 5.97 Å². The number of rotatable bonds is 4. The van der Waals surface area contributed by atoms with Gasteiger partial charge in [-0.05, 0) is 23.9 Å². The van der Waals surface area contributed by atoms with Crippen LogP contribution in [0.2, 0.25) is 0 Å². The zero-order valence-corrected chi connectivity index (χ0v) is 9.64. The molecule has 0 aliphatic heterocycles. The van der Waals surface area contributed by atoms with Crippen LogP contribution >= 0.6 is 0 Å². The van der Waals surface area contributed by atoms with Gasteiger partial charge in [0.15, 0.2) is 0 Å². The van der Waals surface area contributed by atoms with E-state index in [-0.39, 0.29) is 0 Å². The Bertz CT molecular complexity index is 546. The Kier molecular flexibility index (Phi) is 3.28. The lowest BCUT2D eigenvalue weighted by Crippen LogP contribution is -2.00. The summed E-state index contributed by atoms with van der Waals surface area (Å²) in [6.07, 6.45) is 0.926. The van der Waals surface area contributed by atoms with E-state index in [4.69, 9.17) is 9.84 Å². The normalized spacial score (nSPS) is 10.4. The van der Waals surface area contributed by atoms with Crippen LogP contribution in [0.1, 0.15) is 23.7 Å². The van der Waals surface area contributed by atoms with Crippen LogP contribution in [0.5, 0.6) is 5.75 Å². The molecular weight excluding hydrogens is 216 g/mol. The van der Waals surface area contributed by atoms with Crippen molar-refractivity contribution in [3.05, 3.63) is 42.0 Å². The first-order valence-corrected chi connectivity index (χ1v) is 5.62. The fourth-order valence-electron chi connectivity index (χ4n) is 1.80. The molecule has 3 heteroatoms. The monoisotopic (exact) mass is 230 g/mol. The largest absolute Gasteiger partial charge is 0.493 e. The van der Waals surface area contributed by atoms with Crippen LogP contribution in [0.4, 0.5) is 0 Å². The molecule has 17 heavy (non-hydrogen) atoms. The molecule has 1 N–H and O–H groups in total. The number of ether oxygens (including phenoxy) is 1. The number of carboxylic acids is 1. The Morgan fingerprint density at radius 3 is 2.53 bits per heavy atom. The van der Waals surface area contributed by atoms with Crippen LogP contribution < -0.4 is 4.74 Å². The first-order chi connectivity index (χ1) is 8.24. The predicted molar refractivity (Wildman–Crippen MR) is 66.7 cm³/mol. The molecule has 0 amide bonds. The van der Waals surface area contributed by atoms with Crippen LogP contribution in [0.25, 0.3) is 10.8 Å². The van der Waals surface area contributed by atoms with Gasteiger partial charge in [-0.3, -0.25) is 0 Å². The summed E-state index contributed by atoms with van der Waals surface area (Å²) in [7, 11) is 0. The van der Waals surface area contributed by atoms with E-state index in [0.717, 1.165) is 17.6 Å². The van der Waals surface area contributed by atoms with Crippen molar-refractivity contribution < 1.29 is 14.6 Å². The molecule has 0 spiro atoms. The third kappa shape index (κ3) is 2.23. The zero-order chi connectivity index (χ0) is 12.3. The Morgan fingerprint density at radius 1 is 1.18 bits per heavy atom. The van der Waals surface area contributed by atoms with Crippen molar-refractivity contribution in [2.45, 2.75) is 13.3 Å². The Balaban J connectivity index is 2.58. The Morgan fingerprint density at radius 2 is 1.88 bits per heavy atom. The van der Waals surface area contributed by atoms with Crippen LogP contribution in [0.15, 0.2) is 36.4 Å². The van der Waals surface area contributed by atoms with Gasteiger partial charge in [0.2, 0.25) is 0 Å². The molecular formula is C14H14O3. The van der Waals surface area contributed by atoms with Gasteiger partial charge in [-0.2, -0.15) is 0 Å². The van der Waals surface area contributed by atoms with Crippen LogP contribution in [-0.2, 0) is 0 Å². The van der Waals surface area contributed by atoms with E-state index in [2.05, 4.69) is 0 Å². The number of fused-ring (bicyclic) bond motifs is 1. The summed E-state index contributed by atoms with van der Waals surface area (Å²) in [5.41, 5.74) is 0.310. The summed E-state index contributed by atoms with van der Waals surface area (Å²) < 4.78 is 5.61. The van der Waals surface area contributed by atoms with Crippen LogP contribution in [-0.4, -0.2) is 17.7 Å². The summed E-state index contributed by atoms with van der Waals surface area (Å²) in [6, 6.07) is 10.7. The summed E-state index contributed by atoms with van der Waals surface area (Å²) >= 11 is 0. The highest BCUT2D eigenvalue weighted by molar-refractivity contribution is 6.05. The van der Waals surface area contributed by atoms with Crippen LogP contribution in [0.3, 0.4) is 0 Å². The Hall–Kier alpha value is -2.03. The lowest BCUT2D eigenvalue weighted by Gasteiger charge is -2.10. The summed E-state index contributed by atoms with van der Waals surface area (Å²) in [4.78, 5) is 11.1. The highest BCUT2D eigenvalue weighted by Crippen LogP contribution is 2.28. The second-order valence-electron chi connectivity index (χ2n) is 3.81. The second-order valence-corrected chi connectivity index (χ2v) is 3.81. The van der Waals surface area contributed by atoms with Crippen molar-refractivity contribution in [3.63, 3.8) is 0 Å². The summed E-state index contributed by atoms with van der Waals surface area (Å²) in [5.74, 6) is -0.171. The van der Waals surface area contributed by atoms with Crippen molar-refractivity contribution >= 4 is 16.7 Å². The van der Waals surface area contributed by atoms with Crippen LogP contribution in [0, 0.1) is 0 Å². The van der Waals surface area contributed by atoms with Crippen molar-refractivity contribution in [2.24, 2.45) is 0 Å². The van der Waals surface area contributed by atoms with E-state index in [0.29, 0.717) is 17.6 Å². The molecule has 0 radical (unpaired) electrons. The van der Waals surface area contributed by atoms with Gasteiger partial charge < -0.3 is 9.84 Å². The molecule has 2 aromatic rings. The minimum atomic E-state index is -0.914. The minimum absolute atomic E-state index is 0.310. The van der Waals surface area contributed by atoms with Gasteiger partial charge in [0, 0.05) is 5.39 Å². The summed E-state index contributed by atoms with van der Waals surface area (Å²) in [5, 5.41) is 10.7. The first kappa shape index (κ1) is 11.5. The maximum atomic E-state index is 11.1. The number of aromatic carboxylic acids is 1. The second kappa shape index (κ2) is 4.87. The lowest BCUT2D eigenvalue weighted by atomic mass is 10.0. The topological polar surface area (TPSA) is 46.5 Å². The van der Waals surface area contributed by atoms with Gasteiger partial charge in [0.25, 0.3) is 0 Å². The molecule has 0 aromatic heterocycles. The lowest BCUT2D eigenvalue weighted by molar-refractivity contribution is 0.0699. The van der Waals surface area contributed by atoms with E-state index < -0.39 is 5.97 Å². The molecule has 0 saturated heterocycles. The van der Waals surface area contributed by atoms with E-state index in [1.807, 2.05) is 25.1 Å². The van der Waals surface area contributed by atoms with Gasteiger partial charge in [-0.25, -0.2) is 4.79 Å². The predicted octanol–water partition coefficient (Wildman–Crippen LogP) is 3.33. The Labute approximate surface area is 99.6 Å². The fourth-order valence-corrected chi connectivity index (χ4v) is 1.80. The van der Waals surface area contributed by atoms with E-state index in [9.17, 15) is 4.79 Å². The summed E-state index contributed by atoms with van der Waals surface area (Å²) in [6.45, 7) is 2.67. The molecule has 2 rings (SSSR count). The molecule has 88 valence electrons. The van der Waals surface area contributed by atoms with Gasteiger partial charge in [-0.15, -0.1) is 0 Å². The maximum absolute atomic E-state index is 11.1. The smallest absolute Gasteiger partial charge is 0.336 e. The zero-order valence-electron chi connectivity index (χ0n) is 9.64. The first-order valence-electron chi connectivity index (χ1n) is 5.62. The molecule has 0 aliphatic carbocycles. The van der Waals surface area contributed by atoms with E-state index in [1.54, 1.807) is 18.2 Å². The maximum Gasteiger partial charge on any atom is 0.336 e. The van der Waals surface area contributed by atoms with E-state index in [1.165, 1.54) is 0 Å². The molecule has 0 saturated carbocycles. The molecule has 0 atom stereocenters. The molecule has 0 aliphatic rings. The average molecular weight is 230 g/mol. The molecule has 3 nitrogen and oxygen atoms in total. The quantitative estimate of drug-likeness (QED) is 0.876. The number of benzene rings is 2. The van der Waals surface area contributed by atoms with Gasteiger partial charge in [0.05, 0.1) is 12.2 Å². The van der Waals surface area contributed by atoms with Crippen molar-refractivity contribution in [1.82, 2.24) is 0 Å². The minimum Gasteiger partial charge on any atom is -0.493 e. The third-order valence-corrected chi connectivity index (χ3v) is 2.58. The standard InChI is InChI=1S/C14H14O3/c1-2-9-17-13-8-7-12(14(15)16)10-5-3-4-6-11(10)13/h3-8H,2,9H2,1H3,(H,15,16). The molecule has 0 unspecified atom stereocenters.